The molecule has 3 aromatic rings. The molecule has 1 saturated heterocycles. The van der Waals surface area contributed by atoms with Gasteiger partial charge in [0.2, 0.25) is 10.0 Å². The first-order valence-corrected chi connectivity index (χ1v) is 12.9. The van der Waals surface area contributed by atoms with Crippen molar-refractivity contribution in [3.8, 4) is 11.5 Å². The maximum atomic E-state index is 12.8. The van der Waals surface area contributed by atoms with Crippen molar-refractivity contribution in [1.82, 2.24) is 9.29 Å². The summed E-state index contributed by atoms with van der Waals surface area (Å²) in [6.45, 7) is 1.96. The Hall–Kier alpha value is -2.73. The Balaban J connectivity index is 1.28. The van der Waals surface area contributed by atoms with Gasteiger partial charge in [-0.25, -0.2) is 13.4 Å². The van der Waals surface area contributed by atoms with E-state index in [4.69, 9.17) is 14.2 Å². The van der Waals surface area contributed by atoms with E-state index in [1.807, 2.05) is 6.07 Å². The Kier molecular flexibility index (Phi) is 5.95. The highest BCUT2D eigenvalue weighted by Gasteiger charge is 2.26. The van der Waals surface area contributed by atoms with E-state index in [-0.39, 0.29) is 16.9 Å². The van der Waals surface area contributed by atoms with E-state index in [1.54, 1.807) is 13.1 Å². The molecule has 1 fully saturated rings. The molecule has 0 unspecified atom stereocenters. The van der Waals surface area contributed by atoms with Gasteiger partial charge in [0, 0.05) is 37.9 Å². The number of amides is 1. The average molecular weight is 490 g/mol. The number of benzene rings is 2. The van der Waals surface area contributed by atoms with Gasteiger partial charge in [-0.2, -0.15) is 4.31 Å². The third kappa shape index (κ3) is 4.54. The second-order valence-corrected chi connectivity index (χ2v) is 11.0. The first-order chi connectivity index (χ1) is 15.9. The van der Waals surface area contributed by atoms with E-state index in [9.17, 15) is 13.2 Å². The summed E-state index contributed by atoms with van der Waals surface area (Å²) in [4.78, 5) is 17.3. The van der Waals surface area contributed by atoms with Crippen LogP contribution in [0.1, 0.15) is 23.2 Å². The number of hydrogen-bond acceptors (Lipinski definition) is 8. The molecule has 5 rings (SSSR count). The van der Waals surface area contributed by atoms with E-state index in [1.165, 1.54) is 39.9 Å². The molecule has 0 spiro atoms. The molecule has 3 heterocycles. The molecule has 11 heteroatoms. The number of nitrogens with zero attached hydrogens (tertiary/aromatic N) is 2. The van der Waals surface area contributed by atoms with Crippen LogP contribution in [0.3, 0.4) is 0 Å². The molecule has 174 valence electrons. The van der Waals surface area contributed by atoms with Crippen molar-refractivity contribution in [2.45, 2.75) is 23.8 Å². The SMILES string of the molecule is CN(C[C@H]1CCCO1)S(=O)(=O)c1ccc(C(=O)Nc2nc3cc4c(cc3s2)OCCO4)cc1. The molecule has 2 aromatic carbocycles. The molecule has 9 nitrogen and oxygen atoms in total. The number of carbonyl (C=O) groups excluding carboxylic acids is 1. The lowest BCUT2D eigenvalue weighted by atomic mass is 10.2. The van der Waals surface area contributed by atoms with Crippen LogP contribution in [0.15, 0.2) is 41.3 Å². The van der Waals surface area contributed by atoms with Crippen molar-refractivity contribution < 1.29 is 27.4 Å². The third-order valence-electron chi connectivity index (χ3n) is 5.58. The average Bonchev–Trinajstić information content (AvgIpc) is 3.46. The fourth-order valence-corrected chi connectivity index (χ4v) is 5.89. The predicted molar refractivity (Wildman–Crippen MR) is 124 cm³/mol. The molecule has 1 N–H and O–H groups in total. The number of anilines is 1. The molecule has 1 aromatic heterocycles. The fraction of sp³-hybridized carbons (Fsp3) is 0.364. The monoisotopic (exact) mass is 489 g/mol. The van der Waals surface area contributed by atoms with Gasteiger partial charge in [0.25, 0.3) is 5.91 Å². The van der Waals surface area contributed by atoms with Gasteiger partial charge in [0.1, 0.15) is 13.2 Å². The molecule has 0 aliphatic carbocycles. The number of sulfonamides is 1. The normalized spacial score (nSPS) is 18.1. The number of rotatable bonds is 6. The Morgan fingerprint density at radius 1 is 1.15 bits per heavy atom. The molecule has 2 aliphatic rings. The highest BCUT2D eigenvalue weighted by atomic mass is 32.2. The van der Waals surface area contributed by atoms with Crippen molar-refractivity contribution in [2.75, 3.05) is 38.7 Å². The minimum absolute atomic E-state index is 0.0766. The number of carbonyl (C=O) groups is 1. The van der Waals surface area contributed by atoms with Crippen LogP contribution in [-0.4, -0.2) is 63.1 Å². The largest absolute Gasteiger partial charge is 0.486 e. The molecule has 0 radical (unpaired) electrons. The molecule has 2 aliphatic heterocycles. The minimum atomic E-state index is -3.67. The van der Waals surface area contributed by atoms with Gasteiger partial charge >= 0.3 is 0 Å². The first-order valence-electron chi connectivity index (χ1n) is 10.6. The highest BCUT2D eigenvalue weighted by molar-refractivity contribution is 7.89. The predicted octanol–water partition coefficient (Wildman–Crippen LogP) is 3.12. The zero-order chi connectivity index (χ0) is 23.0. The number of nitrogens with one attached hydrogen (secondary N) is 1. The van der Waals surface area contributed by atoms with Crippen molar-refractivity contribution in [3.05, 3.63) is 42.0 Å². The minimum Gasteiger partial charge on any atom is -0.486 e. The third-order valence-corrected chi connectivity index (χ3v) is 8.35. The maximum Gasteiger partial charge on any atom is 0.257 e. The number of ether oxygens (including phenoxy) is 3. The Bertz CT molecular complexity index is 1240. The Morgan fingerprint density at radius 2 is 1.88 bits per heavy atom. The molecular weight excluding hydrogens is 466 g/mol. The van der Waals surface area contributed by atoms with Crippen LogP contribution in [0, 0.1) is 0 Å². The van der Waals surface area contributed by atoms with Gasteiger partial charge in [-0.05, 0) is 37.1 Å². The first kappa shape index (κ1) is 22.1. The summed E-state index contributed by atoms with van der Waals surface area (Å²) in [5.41, 5.74) is 1.04. The van der Waals surface area contributed by atoms with Crippen molar-refractivity contribution >= 4 is 42.6 Å². The standard InChI is InChI=1S/C22H23N3O6S2/c1-25(13-15-3-2-8-29-15)33(27,28)16-6-4-14(5-7-16)21(26)24-22-23-17-11-18-19(12-20(17)32-22)31-10-9-30-18/h4-7,11-12,15H,2-3,8-10,13H2,1H3,(H,23,24,26)/t15-/m1/s1. The molecule has 33 heavy (non-hydrogen) atoms. The second-order valence-electron chi connectivity index (χ2n) is 7.88. The zero-order valence-corrected chi connectivity index (χ0v) is 19.6. The van der Waals surface area contributed by atoms with Gasteiger partial charge in [-0.15, -0.1) is 0 Å². The van der Waals surface area contributed by atoms with Crippen LogP contribution in [0.2, 0.25) is 0 Å². The summed E-state index contributed by atoms with van der Waals surface area (Å²) in [5, 5.41) is 3.21. The number of aromatic nitrogens is 1. The topological polar surface area (TPSA) is 107 Å². The maximum absolute atomic E-state index is 12.8. The van der Waals surface area contributed by atoms with Crippen LogP contribution in [0.5, 0.6) is 11.5 Å². The number of thiazole rings is 1. The van der Waals surface area contributed by atoms with E-state index < -0.39 is 10.0 Å². The van der Waals surface area contributed by atoms with E-state index in [2.05, 4.69) is 10.3 Å². The van der Waals surface area contributed by atoms with Crippen LogP contribution >= 0.6 is 11.3 Å². The number of fused-ring (bicyclic) bond motifs is 2. The van der Waals surface area contributed by atoms with Crippen LogP contribution in [0.25, 0.3) is 10.2 Å². The summed E-state index contributed by atoms with van der Waals surface area (Å²) in [6.07, 6.45) is 1.72. The lowest BCUT2D eigenvalue weighted by molar-refractivity contribution is 0.0979. The molecule has 1 atom stereocenters. The summed E-state index contributed by atoms with van der Waals surface area (Å²) < 4.78 is 44.5. The number of hydrogen-bond donors (Lipinski definition) is 1. The zero-order valence-electron chi connectivity index (χ0n) is 17.9. The Labute approximate surface area is 195 Å². The lowest BCUT2D eigenvalue weighted by Gasteiger charge is -2.20. The van der Waals surface area contributed by atoms with Crippen LogP contribution < -0.4 is 14.8 Å². The number of likely N-dealkylation sites (N-methyl/N-ethyl adjacent to an activating group) is 1. The van der Waals surface area contributed by atoms with Crippen LogP contribution in [0.4, 0.5) is 5.13 Å². The van der Waals surface area contributed by atoms with Crippen molar-refractivity contribution in [1.29, 1.82) is 0 Å². The van der Waals surface area contributed by atoms with Crippen LogP contribution in [-0.2, 0) is 14.8 Å². The van der Waals surface area contributed by atoms with Gasteiger partial charge in [0.15, 0.2) is 16.6 Å². The Morgan fingerprint density at radius 3 is 2.58 bits per heavy atom. The van der Waals surface area contributed by atoms with Gasteiger partial charge in [-0.1, -0.05) is 11.3 Å². The quantitative estimate of drug-likeness (QED) is 0.567. The molecule has 0 bridgehead atoms. The second kappa shape index (κ2) is 8.90. The molecule has 1 amide bonds. The van der Waals surface area contributed by atoms with E-state index in [0.717, 1.165) is 17.5 Å². The van der Waals surface area contributed by atoms with E-state index >= 15 is 0 Å². The van der Waals surface area contributed by atoms with Gasteiger partial charge in [-0.3, -0.25) is 10.1 Å². The van der Waals surface area contributed by atoms with Gasteiger partial charge in [0.05, 0.1) is 21.2 Å². The highest BCUT2D eigenvalue weighted by Crippen LogP contribution is 2.38. The summed E-state index contributed by atoms with van der Waals surface area (Å²) in [7, 11) is -2.13. The van der Waals surface area contributed by atoms with Gasteiger partial charge < -0.3 is 14.2 Å². The molecule has 0 saturated carbocycles. The summed E-state index contributed by atoms with van der Waals surface area (Å²) in [5.74, 6) is 0.928. The fourth-order valence-electron chi connectivity index (χ4n) is 3.82. The van der Waals surface area contributed by atoms with Crippen molar-refractivity contribution in [3.63, 3.8) is 0 Å². The smallest absolute Gasteiger partial charge is 0.257 e. The summed E-state index contributed by atoms with van der Waals surface area (Å²) in [6, 6.07) is 9.52. The van der Waals surface area contributed by atoms with E-state index in [0.29, 0.717) is 54.1 Å². The molecular formula is C22H23N3O6S2. The summed E-state index contributed by atoms with van der Waals surface area (Å²) >= 11 is 1.33. The lowest BCUT2D eigenvalue weighted by Crippen LogP contribution is -2.34. The van der Waals surface area contributed by atoms with Crippen molar-refractivity contribution in [2.24, 2.45) is 0 Å².